The van der Waals surface area contributed by atoms with Gasteiger partial charge in [0.1, 0.15) is 5.75 Å². The van der Waals surface area contributed by atoms with Crippen LogP contribution < -0.4 is 15.8 Å². The number of para-hydroxylation sites is 1. The molecule has 0 amide bonds. The molecular weight excluding hydrogens is 346 g/mol. The number of aromatic nitrogens is 2. The van der Waals surface area contributed by atoms with E-state index in [0.29, 0.717) is 25.7 Å². The van der Waals surface area contributed by atoms with Gasteiger partial charge < -0.3 is 15.8 Å². The Morgan fingerprint density at radius 3 is 3.18 bits per heavy atom. The first-order valence-electron chi connectivity index (χ1n) is 7.18. The first kappa shape index (κ1) is 14.9. The maximum absolute atomic E-state index is 5.99. The van der Waals surface area contributed by atoms with Crippen molar-refractivity contribution in [1.29, 1.82) is 0 Å². The Bertz CT molecular complexity index is 669. The summed E-state index contributed by atoms with van der Waals surface area (Å²) in [5, 5.41) is 7.46. The predicted molar refractivity (Wildman–Crippen MR) is 88.8 cm³/mol. The molecular formula is C15H18BrN5O. The van der Waals surface area contributed by atoms with E-state index in [1.54, 1.807) is 6.20 Å². The van der Waals surface area contributed by atoms with E-state index in [4.69, 9.17) is 10.5 Å². The minimum atomic E-state index is 0.146. The monoisotopic (exact) mass is 363 g/mol. The first-order valence-corrected chi connectivity index (χ1v) is 7.98. The predicted octanol–water partition coefficient (Wildman–Crippen LogP) is 2.07. The molecule has 2 heterocycles. The molecule has 1 unspecified atom stereocenters. The number of guanidine groups is 1. The maximum atomic E-state index is 5.99. The van der Waals surface area contributed by atoms with Crippen LogP contribution in [-0.4, -0.2) is 28.9 Å². The van der Waals surface area contributed by atoms with Crippen molar-refractivity contribution in [2.45, 2.75) is 19.0 Å². The van der Waals surface area contributed by atoms with Gasteiger partial charge >= 0.3 is 0 Å². The van der Waals surface area contributed by atoms with Gasteiger partial charge in [-0.25, -0.2) is 0 Å². The smallest absolute Gasteiger partial charge is 0.189 e. The zero-order valence-corrected chi connectivity index (χ0v) is 13.7. The third-order valence-corrected chi connectivity index (χ3v) is 3.90. The summed E-state index contributed by atoms with van der Waals surface area (Å²) in [5.74, 6) is 1.37. The molecule has 1 atom stereocenters. The number of rotatable bonds is 4. The van der Waals surface area contributed by atoms with Crippen LogP contribution in [0, 0.1) is 0 Å². The van der Waals surface area contributed by atoms with Gasteiger partial charge in [0.15, 0.2) is 5.96 Å². The topological polar surface area (TPSA) is 77.5 Å². The molecule has 0 saturated heterocycles. The van der Waals surface area contributed by atoms with Crippen LogP contribution in [0.2, 0.25) is 0 Å². The molecule has 6 nitrogen and oxygen atoms in total. The zero-order chi connectivity index (χ0) is 15.4. The standard InChI is InChI=1S/C15H18BrN5O/c16-11-9-19-21(10-11)7-6-18-15(17)20-13-5-8-22-14-4-2-1-3-12(13)14/h1-4,9-10,13H,5-8H2,(H3,17,18,20). The lowest BCUT2D eigenvalue weighted by Crippen LogP contribution is -2.37. The second kappa shape index (κ2) is 6.83. The second-order valence-corrected chi connectivity index (χ2v) is 5.98. The Kier molecular flexibility index (Phi) is 4.62. The van der Waals surface area contributed by atoms with Crippen LogP contribution in [0.1, 0.15) is 18.0 Å². The van der Waals surface area contributed by atoms with Crippen molar-refractivity contribution in [3.8, 4) is 5.75 Å². The Labute approximate surface area is 137 Å². The molecule has 3 N–H and O–H groups in total. The van der Waals surface area contributed by atoms with E-state index < -0.39 is 0 Å². The van der Waals surface area contributed by atoms with E-state index >= 15 is 0 Å². The molecule has 1 aliphatic rings. The highest BCUT2D eigenvalue weighted by atomic mass is 79.9. The van der Waals surface area contributed by atoms with Gasteiger partial charge in [-0.15, -0.1) is 0 Å². The van der Waals surface area contributed by atoms with Gasteiger partial charge in [0.05, 0.1) is 36.4 Å². The summed E-state index contributed by atoms with van der Waals surface area (Å²) in [6.07, 6.45) is 4.54. The van der Waals surface area contributed by atoms with E-state index in [0.717, 1.165) is 22.2 Å². The number of nitrogens with zero attached hydrogens (tertiary/aromatic N) is 3. The molecule has 0 saturated carbocycles. The fourth-order valence-corrected chi connectivity index (χ4v) is 2.78. The Morgan fingerprint density at radius 1 is 1.50 bits per heavy atom. The third kappa shape index (κ3) is 3.59. The summed E-state index contributed by atoms with van der Waals surface area (Å²) in [4.78, 5) is 4.36. The molecule has 0 aliphatic carbocycles. The number of benzene rings is 1. The summed E-state index contributed by atoms with van der Waals surface area (Å²) < 4.78 is 8.42. The Hall–Kier alpha value is -2.02. The molecule has 3 rings (SSSR count). The van der Waals surface area contributed by atoms with Crippen molar-refractivity contribution in [1.82, 2.24) is 15.1 Å². The summed E-state index contributed by atoms with van der Waals surface area (Å²) in [7, 11) is 0. The fourth-order valence-electron chi connectivity index (χ4n) is 2.45. The molecule has 0 spiro atoms. The normalized spacial score (nSPS) is 17.7. The average molecular weight is 364 g/mol. The lowest BCUT2D eigenvalue weighted by molar-refractivity contribution is 0.262. The number of aliphatic imine (C=N–C) groups is 1. The third-order valence-electron chi connectivity index (χ3n) is 3.49. The molecule has 1 aliphatic heterocycles. The zero-order valence-electron chi connectivity index (χ0n) is 12.1. The summed E-state index contributed by atoms with van der Waals surface area (Å²) in [6.45, 7) is 1.96. The number of fused-ring (bicyclic) bond motifs is 1. The van der Waals surface area contributed by atoms with E-state index in [2.05, 4.69) is 37.4 Å². The average Bonchev–Trinajstić information content (AvgIpc) is 2.93. The Morgan fingerprint density at radius 2 is 2.36 bits per heavy atom. The number of nitrogens with two attached hydrogens (primary N) is 1. The minimum absolute atomic E-state index is 0.146. The van der Waals surface area contributed by atoms with Crippen molar-refractivity contribution in [3.05, 3.63) is 46.7 Å². The molecule has 7 heteroatoms. The number of halogens is 1. The lowest BCUT2D eigenvalue weighted by atomic mass is 10.0. The maximum Gasteiger partial charge on any atom is 0.189 e. The van der Waals surface area contributed by atoms with Gasteiger partial charge in [-0.2, -0.15) is 5.10 Å². The van der Waals surface area contributed by atoms with Crippen LogP contribution in [0.4, 0.5) is 0 Å². The molecule has 2 aromatic rings. The van der Waals surface area contributed by atoms with Crippen LogP contribution in [0.5, 0.6) is 5.75 Å². The summed E-state index contributed by atoms with van der Waals surface area (Å²) in [6, 6.07) is 8.16. The molecule has 0 bridgehead atoms. The molecule has 116 valence electrons. The number of hydrogen-bond donors (Lipinski definition) is 2. The Balaban J connectivity index is 1.57. The van der Waals surface area contributed by atoms with Gasteiger partial charge in [-0.3, -0.25) is 9.67 Å². The second-order valence-electron chi connectivity index (χ2n) is 5.06. The molecule has 0 radical (unpaired) electrons. The number of nitrogens with one attached hydrogen (secondary N) is 1. The minimum Gasteiger partial charge on any atom is -0.493 e. The van der Waals surface area contributed by atoms with Crippen molar-refractivity contribution < 1.29 is 4.74 Å². The first-order chi connectivity index (χ1) is 10.7. The van der Waals surface area contributed by atoms with Crippen LogP contribution in [0.15, 0.2) is 46.1 Å². The van der Waals surface area contributed by atoms with Gasteiger partial charge in [-0.1, -0.05) is 18.2 Å². The van der Waals surface area contributed by atoms with E-state index in [9.17, 15) is 0 Å². The van der Waals surface area contributed by atoms with E-state index in [1.807, 2.05) is 29.1 Å². The highest BCUT2D eigenvalue weighted by Crippen LogP contribution is 2.31. The number of ether oxygens (including phenoxy) is 1. The van der Waals surface area contributed by atoms with E-state index in [-0.39, 0.29) is 6.04 Å². The van der Waals surface area contributed by atoms with Gasteiger partial charge in [-0.05, 0) is 22.0 Å². The van der Waals surface area contributed by atoms with Crippen molar-refractivity contribution in [3.63, 3.8) is 0 Å². The SMILES string of the molecule is NC(=NCCn1cc(Br)cn1)NC1CCOc2ccccc21. The van der Waals surface area contributed by atoms with E-state index in [1.165, 1.54) is 0 Å². The van der Waals surface area contributed by atoms with Crippen LogP contribution >= 0.6 is 15.9 Å². The van der Waals surface area contributed by atoms with Crippen molar-refractivity contribution in [2.75, 3.05) is 13.2 Å². The van der Waals surface area contributed by atoms with Crippen LogP contribution in [0.3, 0.4) is 0 Å². The van der Waals surface area contributed by atoms with Gasteiger partial charge in [0.2, 0.25) is 0 Å². The lowest BCUT2D eigenvalue weighted by Gasteiger charge is -2.26. The number of hydrogen-bond acceptors (Lipinski definition) is 3. The van der Waals surface area contributed by atoms with Gasteiger partial charge in [0, 0.05) is 18.2 Å². The van der Waals surface area contributed by atoms with Gasteiger partial charge in [0.25, 0.3) is 0 Å². The molecule has 0 fully saturated rings. The fraction of sp³-hybridized carbons (Fsp3) is 0.333. The molecule has 1 aromatic carbocycles. The molecule has 1 aromatic heterocycles. The highest BCUT2D eigenvalue weighted by molar-refractivity contribution is 9.10. The quantitative estimate of drug-likeness (QED) is 0.643. The van der Waals surface area contributed by atoms with Crippen LogP contribution in [0.25, 0.3) is 0 Å². The molecule has 22 heavy (non-hydrogen) atoms. The van der Waals surface area contributed by atoms with Crippen LogP contribution in [-0.2, 0) is 6.54 Å². The van der Waals surface area contributed by atoms with Crippen molar-refractivity contribution in [2.24, 2.45) is 10.7 Å². The summed E-state index contributed by atoms with van der Waals surface area (Å²) >= 11 is 3.37. The largest absolute Gasteiger partial charge is 0.493 e. The summed E-state index contributed by atoms with van der Waals surface area (Å²) in [5.41, 5.74) is 7.12. The highest BCUT2D eigenvalue weighted by Gasteiger charge is 2.21. The van der Waals surface area contributed by atoms with Crippen molar-refractivity contribution >= 4 is 21.9 Å².